The second-order valence-corrected chi connectivity index (χ2v) is 6.37. The van der Waals surface area contributed by atoms with Gasteiger partial charge in [-0.15, -0.1) is 0 Å². The Hall–Kier alpha value is -1.16. The van der Waals surface area contributed by atoms with Crippen LogP contribution in [-0.2, 0) is 0 Å². The van der Waals surface area contributed by atoms with Crippen molar-refractivity contribution in [3.8, 4) is 0 Å². The number of rotatable bonds is 5. The van der Waals surface area contributed by atoms with Gasteiger partial charge in [0.25, 0.3) is 0 Å². The Morgan fingerprint density at radius 2 is 2.00 bits per heavy atom. The van der Waals surface area contributed by atoms with Crippen molar-refractivity contribution in [3.05, 3.63) is 17.5 Å². The molecular formula is C16H28N4. The number of aromatic nitrogens is 2. The molecule has 1 aromatic rings. The second-order valence-electron chi connectivity index (χ2n) is 6.37. The lowest BCUT2D eigenvalue weighted by atomic mass is 9.94. The van der Waals surface area contributed by atoms with Crippen molar-refractivity contribution in [1.29, 1.82) is 0 Å². The van der Waals surface area contributed by atoms with Crippen LogP contribution < -0.4 is 5.32 Å². The van der Waals surface area contributed by atoms with Crippen molar-refractivity contribution in [2.75, 3.05) is 32.0 Å². The highest BCUT2D eigenvalue weighted by atomic mass is 15.1. The normalized spacial score (nSPS) is 17.6. The van der Waals surface area contributed by atoms with Crippen LogP contribution in [0.2, 0.25) is 0 Å². The van der Waals surface area contributed by atoms with Crippen LogP contribution in [0.3, 0.4) is 0 Å². The smallest absolute Gasteiger partial charge is 0.223 e. The molecule has 1 saturated heterocycles. The Kier molecular flexibility index (Phi) is 5.35. The van der Waals surface area contributed by atoms with Crippen LogP contribution in [0, 0.1) is 12.8 Å². The summed E-state index contributed by atoms with van der Waals surface area (Å²) in [7, 11) is 2.21. The maximum Gasteiger partial charge on any atom is 0.223 e. The minimum Gasteiger partial charge on any atom is -0.354 e. The molecular weight excluding hydrogens is 248 g/mol. The van der Waals surface area contributed by atoms with E-state index in [0.717, 1.165) is 29.8 Å². The lowest BCUT2D eigenvalue weighted by Crippen LogP contribution is -2.30. The minimum absolute atomic E-state index is 0.450. The van der Waals surface area contributed by atoms with Crippen molar-refractivity contribution in [2.24, 2.45) is 5.92 Å². The lowest BCUT2D eigenvalue weighted by Gasteiger charge is -2.28. The van der Waals surface area contributed by atoms with Gasteiger partial charge in [0.15, 0.2) is 0 Å². The number of hydrogen-bond acceptors (Lipinski definition) is 4. The predicted molar refractivity (Wildman–Crippen MR) is 84.2 cm³/mol. The van der Waals surface area contributed by atoms with Gasteiger partial charge in [0, 0.05) is 17.9 Å². The average Bonchev–Trinajstić information content (AvgIpc) is 2.40. The summed E-state index contributed by atoms with van der Waals surface area (Å²) in [6, 6.07) is 2.08. The zero-order valence-electron chi connectivity index (χ0n) is 13.3. The summed E-state index contributed by atoms with van der Waals surface area (Å²) in [6.45, 7) is 9.84. The van der Waals surface area contributed by atoms with Gasteiger partial charge in [-0.05, 0) is 64.2 Å². The molecule has 2 heterocycles. The van der Waals surface area contributed by atoms with Gasteiger partial charge in [-0.3, -0.25) is 0 Å². The van der Waals surface area contributed by atoms with Crippen LogP contribution in [0.25, 0.3) is 0 Å². The molecule has 20 heavy (non-hydrogen) atoms. The third-order valence-electron chi connectivity index (χ3n) is 4.14. The first-order valence-electron chi connectivity index (χ1n) is 7.82. The zero-order chi connectivity index (χ0) is 14.5. The monoisotopic (exact) mass is 276 g/mol. The highest BCUT2D eigenvalue weighted by Gasteiger charge is 2.16. The number of nitrogens with zero attached hydrogens (tertiary/aromatic N) is 3. The predicted octanol–water partition coefficient (Wildman–Crippen LogP) is 3.05. The quantitative estimate of drug-likeness (QED) is 0.897. The van der Waals surface area contributed by atoms with Gasteiger partial charge < -0.3 is 10.2 Å². The van der Waals surface area contributed by atoms with Gasteiger partial charge in [0.1, 0.15) is 0 Å². The van der Waals surface area contributed by atoms with Gasteiger partial charge in [0.05, 0.1) is 0 Å². The molecule has 1 aliphatic heterocycles. The van der Waals surface area contributed by atoms with Crippen LogP contribution in [0.15, 0.2) is 6.07 Å². The van der Waals surface area contributed by atoms with Crippen LogP contribution in [-0.4, -0.2) is 41.5 Å². The minimum atomic E-state index is 0.450. The number of anilines is 1. The second kappa shape index (κ2) is 7.02. The van der Waals surface area contributed by atoms with Crippen LogP contribution >= 0.6 is 0 Å². The fourth-order valence-corrected chi connectivity index (χ4v) is 2.71. The first kappa shape index (κ1) is 15.2. The van der Waals surface area contributed by atoms with Crippen molar-refractivity contribution in [3.63, 3.8) is 0 Å². The number of aryl methyl sites for hydroxylation is 1. The highest BCUT2D eigenvalue weighted by molar-refractivity contribution is 5.28. The summed E-state index contributed by atoms with van der Waals surface area (Å²) in [4.78, 5) is 11.5. The summed E-state index contributed by atoms with van der Waals surface area (Å²) in [5.74, 6) is 2.10. The first-order chi connectivity index (χ1) is 9.54. The van der Waals surface area contributed by atoms with Gasteiger partial charge in [-0.25, -0.2) is 9.97 Å². The molecule has 112 valence electrons. The fourth-order valence-electron chi connectivity index (χ4n) is 2.71. The van der Waals surface area contributed by atoms with E-state index in [1.165, 1.54) is 32.4 Å². The molecule has 0 spiro atoms. The Balaban J connectivity index is 1.82. The maximum atomic E-state index is 4.60. The molecule has 2 rings (SSSR count). The molecule has 0 unspecified atom stereocenters. The van der Waals surface area contributed by atoms with E-state index in [1.54, 1.807) is 0 Å². The Labute approximate surface area is 123 Å². The summed E-state index contributed by atoms with van der Waals surface area (Å²) >= 11 is 0. The van der Waals surface area contributed by atoms with E-state index >= 15 is 0 Å². The highest BCUT2D eigenvalue weighted by Crippen LogP contribution is 2.19. The number of hydrogen-bond donors (Lipinski definition) is 1. The zero-order valence-corrected chi connectivity index (χ0v) is 13.3. The fraction of sp³-hybridized carbons (Fsp3) is 0.750. The van der Waals surface area contributed by atoms with E-state index in [-0.39, 0.29) is 0 Å². The third kappa shape index (κ3) is 4.44. The van der Waals surface area contributed by atoms with Crippen molar-refractivity contribution in [1.82, 2.24) is 14.9 Å². The van der Waals surface area contributed by atoms with E-state index < -0.39 is 0 Å². The Bertz CT molecular complexity index is 422. The molecule has 0 saturated carbocycles. The van der Waals surface area contributed by atoms with E-state index in [0.29, 0.717) is 5.92 Å². The van der Waals surface area contributed by atoms with E-state index in [4.69, 9.17) is 0 Å². The van der Waals surface area contributed by atoms with Crippen LogP contribution in [0.5, 0.6) is 0 Å². The summed E-state index contributed by atoms with van der Waals surface area (Å²) in [5.41, 5.74) is 2.17. The third-order valence-corrected chi connectivity index (χ3v) is 4.14. The van der Waals surface area contributed by atoms with E-state index in [2.05, 4.69) is 47.1 Å². The summed E-state index contributed by atoms with van der Waals surface area (Å²) in [6.07, 6.45) is 3.87. The molecule has 1 fully saturated rings. The molecule has 0 aliphatic carbocycles. The van der Waals surface area contributed by atoms with Crippen LogP contribution in [0.1, 0.15) is 50.4 Å². The van der Waals surface area contributed by atoms with Crippen molar-refractivity contribution < 1.29 is 0 Å². The lowest BCUT2D eigenvalue weighted by molar-refractivity contribution is 0.215. The van der Waals surface area contributed by atoms with Crippen molar-refractivity contribution in [2.45, 2.75) is 46.0 Å². The molecule has 1 aliphatic rings. The number of nitrogens with one attached hydrogen (secondary N) is 1. The SMILES string of the molecule is Cc1cc(C(C)C)nc(NCCC2CCN(C)CC2)n1. The maximum absolute atomic E-state index is 4.60. The molecule has 0 aromatic carbocycles. The Morgan fingerprint density at radius 3 is 2.65 bits per heavy atom. The average molecular weight is 276 g/mol. The standard InChI is InChI=1S/C16H28N4/c1-12(2)15-11-13(3)18-16(19-15)17-8-5-14-6-9-20(4)10-7-14/h11-12,14H,5-10H2,1-4H3,(H,17,18,19). The number of piperidine rings is 1. The largest absolute Gasteiger partial charge is 0.354 e. The van der Waals surface area contributed by atoms with E-state index in [1.807, 2.05) is 6.92 Å². The molecule has 1 aromatic heterocycles. The Morgan fingerprint density at radius 1 is 1.30 bits per heavy atom. The number of likely N-dealkylation sites (tertiary alicyclic amines) is 1. The topological polar surface area (TPSA) is 41.1 Å². The van der Waals surface area contributed by atoms with Gasteiger partial charge in [-0.1, -0.05) is 13.8 Å². The summed E-state index contributed by atoms with van der Waals surface area (Å²) < 4.78 is 0. The molecule has 0 bridgehead atoms. The van der Waals surface area contributed by atoms with E-state index in [9.17, 15) is 0 Å². The first-order valence-corrected chi connectivity index (χ1v) is 7.82. The molecule has 0 atom stereocenters. The van der Waals surface area contributed by atoms with Crippen LogP contribution in [0.4, 0.5) is 5.95 Å². The molecule has 4 heteroatoms. The van der Waals surface area contributed by atoms with Gasteiger partial charge in [-0.2, -0.15) is 0 Å². The molecule has 4 nitrogen and oxygen atoms in total. The van der Waals surface area contributed by atoms with Gasteiger partial charge >= 0.3 is 0 Å². The van der Waals surface area contributed by atoms with Gasteiger partial charge in [0.2, 0.25) is 5.95 Å². The molecule has 1 N–H and O–H groups in total. The molecule has 0 radical (unpaired) electrons. The summed E-state index contributed by atoms with van der Waals surface area (Å²) in [5, 5.41) is 3.40. The molecule has 0 amide bonds. The van der Waals surface area contributed by atoms with Crippen molar-refractivity contribution >= 4 is 5.95 Å².